The Balaban J connectivity index is 1.31. The number of carbonyl (C=O) groups is 1. The molecule has 1 saturated heterocycles. The second kappa shape index (κ2) is 8.93. The van der Waals surface area contributed by atoms with Crippen LogP contribution in [0.3, 0.4) is 0 Å². The molecule has 1 fully saturated rings. The van der Waals surface area contributed by atoms with Crippen molar-refractivity contribution in [1.82, 2.24) is 15.0 Å². The third-order valence-electron chi connectivity index (χ3n) is 5.95. The highest BCUT2D eigenvalue weighted by Crippen LogP contribution is 2.29. The molecule has 5 nitrogen and oxygen atoms in total. The van der Waals surface area contributed by atoms with E-state index in [0.717, 1.165) is 48.1 Å². The first kappa shape index (κ1) is 20.4. The van der Waals surface area contributed by atoms with E-state index >= 15 is 0 Å². The van der Waals surface area contributed by atoms with E-state index < -0.39 is 0 Å². The number of hydrogen-bond donors (Lipinski definition) is 0. The molecule has 2 heterocycles. The second-order valence-corrected chi connectivity index (χ2v) is 8.16. The largest absolute Gasteiger partial charge is 0.355 e. The normalized spacial score (nSPS) is 15.1. The summed E-state index contributed by atoms with van der Waals surface area (Å²) in [6, 6.07) is 22.0. The minimum absolute atomic E-state index is 0.0238. The predicted molar refractivity (Wildman–Crippen MR) is 122 cm³/mol. The van der Waals surface area contributed by atoms with Crippen LogP contribution in [0.25, 0.3) is 22.2 Å². The quantitative estimate of drug-likeness (QED) is 0.459. The van der Waals surface area contributed by atoms with Crippen molar-refractivity contribution in [2.45, 2.75) is 13.0 Å². The summed E-state index contributed by atoms with van der Waals surface area (Å²) in [5, 5.41) is 4.99. The lowest BCUT2D eigenvalue weighted by Gasteiger charge is -2.22. The summed E-state index contributed by atoms with van der Waals surface area (Å²) in [5.41, 5.74) is 3.40. The summed E-state index contributed by atoms with van der Waals surface area (Å²) in [6.07, 6.45) is 0.901. The predicted octanol–water partition coefficient (Wildman–Crippen LogP) is 4.98. The standard InChI is InChI=1S/C26H24FN3O2/c27-22-10-7-19(8-11-22)18-29-13-4-14-30(16-15-29)26(31)21-9-12-24-23(17-21)25(32-28-24)20-5-2-1-3-6-20/h1-3,5-12,17H,4,13-16,18H2. The Labute approximate surface area is 186 Å². The van der Waals surface area contributed by atoms with E-state index in [2.05, 4.69) is 10.1 Å². The Morgan fingerprint density at radius 1 is 0.938 bits per heavy atom. The Morgan fingerprint density at radius 3 is 2.56 bits per heavy atom. The van der Waals surface area contributed by atoms with Gasteiger partial charge in [-0.25, -0.2) is 4.39 Å². The van der Waals surface area contributed by atoms with Gasteiger partial charge in [-0.3, -0.25) is 9.69 Å². The smallest absolute Gasteiger partial charge is 0.253 e. The summed E-state index contributed by atoms with van der Waals surface area (Å²) in [4.78, 5) is 17.5. The summed E-state index contributed by atoms with van der Waals surface area (Å²) in [6.45, 7) is 3.83. The molecule has 0 bridgehead atoms. The van der Waals surface area contributed by atoms with Crippen LogP contribution in [0.4, 0.5) is 4.39 Å². The number of halogens is 1. The van der Waals surface area contributed by atoms with Crippen molar-refractivity contribution in [1.29, 1.82) is 0 Å². The van der Waals surface area contributed by atoms with Crippen LogP contribution in [0.2, 0.25) is 0 Å². The van der Waals surface area contributed by atoms with Gasteiger partial charge in [-0.2, -0.15) is 0 Å². The molecule has 0 aliphatic carbocycles. The molecule has 0 N–H and O–H groups in total. The van der Waals surface area contributed by atoms with Gasteiger partial charge in [0.25, 0.3) is 5.91 Å². The van der Waals surface area contributed by atoms with E-state index in [9.17, 15) is 9.18 Å². The molecule has 1 aliphatic heterocycles. The van der Waals surface area contributed by atoms with Crippen LogP contribution in [0, 0.1) is 5.82 Å². The SMILES string of the molecule is O=C(c1ccc2noc(-c3ccccc3)c2c1)N1CCCN(Cc2ccc(F)cc2)CC1. The molecule has 162 valence electrons. The second-order valence-electron chi connectivity index (χ2n) is 8.16. The van der Waals surface area contributed by atoms with Crippen LogP contribution < -0.4 is 0 Å². The van der Waals surface area contributed by atoms with Crippen LogP contribution in [-0.4, -0.2) is 47.0 Å². The zero-order valence-electron chi connectivity index (χ0n) is 17.7. The molecular weight excluding hydrogens is 405 g/mol. The Kier molecular flexibility index (Phi) is 5.69. The van der Waals surface area contributed by atoms with Crippen molar-refractivity contribution in [2.75, 3.05) is 26.2 Å². The van der Waals surface area contributed by atoms with Gasteiger partial charge in [0.05, 0.1) is 5.39 Å². The number of amides is 1. The van der Waals surface area contributed by atoms with Crippen molar-refractivity contribution in [3.05, 3.63) is 89.7 Å². The Morgan fingerprint density at radius 2 is 1.75 bits per heavy atom. The molecule has 0 unspecified atom stereocenters. The first-order valence-corrected chi connectivity index (χ1v) is 10.9. The lowest BCUT2D eigenvalue weighted by Crippen LogP contribution is -2.35. The molecule has 0 atom stereocenters. The lowest BCUT2D eigenvalue weighted by molar-refractivity contribution is 0.0761. The number of hydrogen-bond acceptors (Lipinski definition) is 4. The van der Waals surface area contributed by atoms with E-state index in [4.69, 9.17) is 4.52 Å². The van der Waals surface area contributed by atoms with E-state index in [1.165, 1.54) is 12.1 Å². The molecule has 0 spiro atoms. The molecule has 1 aromatic heterocycles. The monoisotopic (exact) mass is 429 g/mol. The van der Waals surface area contributed by atoms with Gasteiger partial charge in [0, 0.05) is 43.9 Å². The average molecular weight is 429 g/mol. The fourth-order valence-corrected chi connectivity index (χ4v) is 4.23. The summed E-state index contributed by atoms with van der Waals surface area (Å²) < 4.78 is 18.7. The minimum atomic E-state index is -0.221. The maximum atomic E-state index is 13.3. The van der Waals surface area contributed by atoms with E-state index in [1.807, 2.05) is 65.6 Å². The van der Waals surface area contributed by atoms with Gasteiger partial charge in [0.15, 0.2) is 5.76 Å². The summed E-state index contributed by atoms with van der Waals surface area (Å²) in [7, 11) is 0. The van der Waals surface area contributed by atoms with Crippen molar-refractivity contribution in [3.8, 4) is 11.3 Å². The molecule has 4 aromatic rings. The van der Waals surface area contributed by atoms with Crippen LogP contribution in [0.15, 0.2) is 77.3 Å². The molecular formula is C26H24FN3O2. The number of nitrogens with zero attached hydrogens (tertiary/aromatic N) is 3. The fourth-order valence-electron chi connectivity index (χ4n) is 4.23. The fraction of sp³-hybridized carbons (Fsp3) is 0.231. The highest BCUT2D eigenvalue weighted by atomic mass is 19.1. The number of fused-ring (bicyclic) bond motifs is 1. The van der Waals surface area contributed by atoms with Gasteiger partial charge in [-0.15, -0.1) is 0 Å². The van der Waals surface area contributed by atoms with Crippen LogP contribution >= 0.6 is 0 Å². The van der Waals surface area contributed by atoms with Crippen LogP contribution in [0.1, 0.15) is 22.3 Å². The number of carbonyl (C=O) groups excluding carboxylic acids is 1. The maximum Gasteiger partial charge on any atom is 0.253 e. The van der Waals surface area contributed by atoms with Gasteiger partial charge in [0.2, 0.25) is 0 Å². The maximum absolute atomic E-state index is 13.3. The molecule has 0 radical (unpaired) electrons. The van der Waals surface area contributed by atoms with Gasteiger partial charge in [0.1, 0.15) is 11.3 Å². The molecule has 6 heteroatoms. The van der Waals surface area contributed by atoms with Crippen LogP contribution in [-0.2, 0) is 6.54 Å². The van der Waals surface area contributed by atoms with Crippen molar-refractivity contribution in [3.63, 3.8) is 0 Å². The van der Waals surface area contributed by atoms with Crippen molar-refractivity contribution < 1.29 is 13.7 Å². The highest BCUT2D eigenvalue weighted by Gasteiger charge is 2.22. The van der Waals surface area contributed by atoms with Gasteiger partial charge in [-0.05, 0) is 42.3 Å². The zero-order chi connectivity index (χ0) is 21.9. The molecule has 0 saturated carbocycles. The first-order chi connectivity index (χ1) is 15.7. The lowest BCUT2D eigenvalue weighted by atomic mass is 10.1. The number of rotatable bonds is 4. The molecule has 1 amide bonds. The number of aromatic nitrogens is 1. The molecule has 3 aromatic carbocycles. The average Bonchev–Trinajstić information content (AvgIpc) is 3.12. The minimum Gasteiger partial charge on any atom is -0.355 e. The van der Waals surface area contributed by atoms with Gasteiger partial charge < -0.3 is 9.42 Å². The molecule has 1 aliphatic rings. The highest BCUT2D eigenvalue weighted by molar-refractivity contribution is 6.01. The van der Waals surface area contributed by atoms with Gasteiger partial charge >= 0.3 is 0 Å². The third-order valence-corrected chi connectivity index (χ3v) is 5.95. The third kappa shape index (κ3) is 4.27. The van der Waals surface area contributed by atoms with E-state index in [1.54, 1.807) is 0 Å². The molecule has 32 heavy (non-hydrogen) atoms. The van der Waals surface area contributed by atoms with Crippen molar-refractivity contribution in [2.24, 2.45) is 0 Å². The van der Waals surface area contributed by atoms with Crippen molar-refractivity contribution >= 4 is 16.8 Å². The number of benzene rings is 3. The van der Waals surface area contributed by atoms with Gasteiger partial charge in [-0.1, -0.05) is 47.6 Å². The summed E-state index contributed by atoms with van der Waals surface area (Å²) in [5.74, 6) is 0.480. The van der Waals surface area contributed by atoms with E-state index in [0.29, 0.717) is 24.4 Å². The molecule has 5 rings (SSSR count). The zero-order valence-corrected chi connectivity index (χ0v) is 17.7. The Hall–Kier alpha value is -3.51. The first-order valence-electron chi connectivity index (χ1n) is 10.9. The van der Waals surface area contributed by atoms with E-state index in [-0.39, 0.29) is 11.7 Å². The topological polar surface area (TPSA) is 49.6 Å². The summed E-state index contributed by atoms with van der Waals surface area (Å²) >= 11 is 0. The van der Waals surface area contributed by atoms with Crippen LogP contribution in [0.5, 0.6) is 0 Å². The Bertz CT molecular complexity index is 1220.